The fraction of sp³-hybridized carbons (Fsp3) is 0.250. The Morgan fingerprint density at radius 2 is 1.46 bits per heavy atom. The Bertz CT molecular complexity index is 365. The van der Waals surface area contributed by atoms with Gasteiger partial charge in [-0.05, 0) is 0 Å². The smallest absolute Gasteiger partial charge is 0.276 e. The number of nitrogens with one attached hydrogen (secondary N) is 2. The lowest BCUT2D eigenvalue weighted by Crippen LogP contribution is -2.62. The number of barbiturate groups is 1. The number of rotatable bonds is 1. The van der Waals surface area contributed by atoms with Crippen LogP contribution in [0.3, 0.4) is 0 Å². The van der Waals surface area contributed by atoms with Crippen molar-refractivity contribution in [2.75, 3.05) is 0 Å². The molecule has 1 heterocycles. The maximum absolute atomic E-state index is 10.8. The second-order valence-electron chi connectivity index (χ2n) is 2.28. The van der Waals surface area contributed by atoms with Crippen LogP contribution in [0.1, 0.15) is 0 Å². The molecule has 9 heteroatoms. The van der Waals surface area contributed by atoms with E-state index in [0.717, 1.165) is 0 Å². The van der Waals surface area contributed by atoms with Crippen molar-refractivity contribution in [3.05, 3.63) is 0 Å². The molecule has 0 bridgehead atoms. The number of hydrogen-bond donors (Lipinski definition) is 3. The quantitative estimate of drug-likeness (QED) is 0.394. The van der Waals surface area contributed by atoms with Crippen LogP contribution in [0, 0.1) is 0 Å². The van der Waals surface area contributed by atoms with E-state index in [1.807, 2.05) is 0 Å². The van der Waals surface area contributed by atoms with Crippen LogP contribution < -0.4 is 15.8 Å². The van der Waals surface area contributed by atoms with Gasteiger partial charge in [0.2, 0.25) is 15.3 Å². The summed E-state index contributed by atoms with van der Waals surface area (Å²) in [6.45, 7) is 0. The zero-order chi connectivity index (χ0) is 10.2. The van der Waals surface area contributed by atoms with Crippen LogP contribution in [0.15, 0.2) is 0 Å². The molecule has 1 fully saturated rings. The van der Waals surface area contributed by atoms with Crippen LogP contribution in [0.2, 0.25) is 0 Å². The highest BCUT2D eigenvalue weighted by molar-refractivity contribution is 7.91. The molecule has 0 saturated carbocycles. The van der Waals surface area contributed by atoms with Crippen molar-refractivity contribution < 1.29 is 22.8 Å². The molecule has 0 unspecified atom stereocenters. The van der Waals surface area contributed by atoms with Gasteiger partial charge in [0.25, 0.3) is 11.8 Å². The fourth-order valence-corrected chi connectivity index (χ4v) is 1.52. The maximum atomic E-state index is 10.8. The van der Waals surface area contributed by atoms with E-state index in [2.05, 4.69) is 5.14 Å². The third-order valence-electron chi connectivity index (χ3n) is 1.28. The van der Waals surface area contributed by atoms with Crippen LogP contribution in [-0.2, 0) is 19.6 Å². The largest absolute Gasteiger partial charge is 0.328 e. The summed E-state index contributed by atoms with van der Waals surface area (Å²) in [5.74, 6) is -2.48. The van der Waals surface area contributed by atoms with E-state index in [1.165, 1.54) is 0 Å². The van der Waals surface area contributed by atoms with Gasteiger partial charge in [-0.25, -0.2) is 18.4 Å². The van der Waals surface area contributed by atoms with E-state index in [9.17, 15) is 22.8 Å². The number of sulfonamides is 1. The molecule has 0 radical (unpaired) electrons. The molecule has 0 aromatic carbocycles. The van der Waals surface area contributed by atoms with Crippen molar-refractivity contribution in [1.29, 1.82) is 0 Å². The summed E-state index contributed by atoms with van der Waals surface area (Å²) in [5, 5.41) is 5.72. The highest BCUT2D eigenvalue weighted by Gasteiger charge is 2.42. The number of hydrogen-bond acceptors (Lipinski definition) is 5. The number of imide groups is 2. The Balaban J connectivity index is 3.06. The van der Waals surface area contributed by atoms with Gasteiger partial charge >= 0.3 is 6.03 Å². The van der Waals surface area contributed by atoms with Crippen molar-refractivity contribution in [3.8, 4) is 0 Å². The summed E-state index contributed by atoms with van der Waals surface area (Å²) >= 11 is 0. The van der Waals surface area contributed by atoms with Gasteiger partial charge in [0.15, 0.2) is 0 Å². The second-order valence-corrected chi connectivity index (χ2v) is 3.93. The summed E-state index contributed by atoms with van der Waals surface area (Å²) in [6.07, 6.45) is 0. The number of nitrogens with two attached hydrogens (primary N) is 1. The summed E-state index contributed by atoms with van der Waals surface area (Å²) < 4.78 is 21.3. The Morgan fingerprint density at radius 3 is 1.77 bits per heavy atom. The molecule has 72 valence electrons. The Kier molecular flexibility index (Phi) is 2.05. The monoisotopic (exact) mass is 207 g/mol. The molecule has 0 aromatic rings. The Morgan fingerprint density at radius 1 is 1.08 bits per heavy atom. The second kappa shape index (κ2) is 2.78. The molecule has 4 amide bonds. The minimum Gasteiger partial charge on any atom is -0.276 e. The lowest BCUT2D eigenvalue weighted by atomic mass is 10.3. The molecular weight excluding hydrogens is 202 g/mol. The van der Waals surface area contributed by atoms with Gasteiger partial charge < -0.3 is 0 Å². The van der Waals surface area contributed by atoms with E-state index in [0.29, 0.717) is 0 Å². The van der Waals surface area contributed by atoms with Crippen LogP contribution >= 0.6 is 0 Å². The fourth-order valence-electron chi connectivity index (χ4n) is 0.804. The van der Waals surface area contributed by atoms with Gasteiger partial charge in [-0.2, -0.15) is 0 Å². The van der Waals surface area contributed by atoms with E-state index in [4.69, 9.17) is 0 Å². The number of urea groups is 1. The predicted molar refractivity (Wildman–Crippen MR) is 38.6 cm³/mol. The van der Waals surface area contributed by atoms with Crippen LogP contribution in [-0.4, -0.2) is 31.5 Å². The molecular formula is C4H5N3O5S. The van der Waals surface area contributed by atoms with E-state index >= 15 is 0 Å². The highest BCUT2D eigenvalue weighted by atomic mass is 32.2. The minimum absolute atomic E-state index is 1.06. The molecule has 1 aliphatic rings. The van der Waals surface area contributed by atoms with Gasteiger partial charge in [-0.3, -0.25) is 20.2 Å². The zero-order valence-electron chi connectivity index (χ0n) is 6.10. The standard InChI is InChI=1S/C4H5N3O5S/c5-13(11,12)1-2(8)6-4(10)7-3(1)9/h1H,(H2,5,11,12)(H2,6,7,8,9,10). The molecule has 13 heavy (non-hydrogen) atoms. The third-order valence-corrected chi connectivity index (χ3v) is 2.36. The first-order valence-corrected chi connectivity index (χ1v) is 4.60. The van der Waals surface area contributed by atoms with Gasteiger partial charge in [0.05, 0.1) is 0 Å². The van der Waals surface area contributed by atoms with E-state index in [-0.39, 0.29) is 0 Å². The van der Waals surface area contributed by atoms with Crippen molar-refractivity contribution >= 4 is 27.9 Å². The van der Waals surface area contributed by atoms with Crippen LogP contribution in [0.5, 0.6) is 0 Å². The van der Waals surface area contributed by atoms with Gasteiger partial charge in [0.1, 0.15) is 0 Å². The molecule has 0 atom stereocenters. The Labute approximate surface area is 72.5 Å². The minimum atomic E-state index is -4.32. The van der Waals surface area contributed by atoms with E-state index < -0.39 is 33.1 Å². The normalized spacial score (nSPS) is 19.6. The topological polar surface area (TPSA) is 135 Å². The molecule has 0 spiro atoms. The molecule has 1 rings (SSSR count). The zero-order valence-corrected chi connectivity index (χ0v) is 6.92. The molecule has 4 N–H and O–H groups in total. The first-order chi connectivity index (χ1) is 5.82. The lowest BCUT2D eigenvalue weighted by Gasteiger charge is -2.18. The SMILES string of the molecule is NS(=O)(=O)C1C(=O)NC(=O)NC1=O. The Hall–Kier alpha value is -1.48. The highest BCUT2D eigenvalue weighted by Crippen LogP contribution is 2.00. The molecule has 8 nitrogen and oxygen atoms in total. The third kappa shape index (κ3) is 1.81. The average Bonchev–Trinajstić information content (AvgIpc) is 1.78. The van der Waals surface area contributed by atoms with Crippen molar-refractivity contribution in [3.63, 3.8) is 0 Å². The lowest BCUT2D eigenvalue weighted by molar-refractivity contribution is -0.129. The summed E-state index contributed by atoms with van der Waals surface area (Å²) in [7, 11) is -4.32. The summed E-state index contributed by atoms with van der Waals surface area (Å²) in [4.78, 5) is 32.1. The summed E-state index contributed by atoms with van der Waals surface area (Å²) in [6, 6.07) is -1.06. The summed E-state index contributed by atoms with van der Waals surface area (Å²) in [5.41, 5.74) is 0. The van der Waals surface area contributed by atoms with Crippen LogP contribution in [0.25, 0.3) is 0 Å². The van der Waals surface area contributed by atoms with Gasteiger partial charge in [-0.15, -0.1) is 0 Å². The molecule has 1 aliphatic heterocycles. The van der Waals surface area contributed by atoms with Crippen LogP contribution in [0.4, 0.5) is 4.79 Å². The number of primary sulfonamides is 1. The first kappa shape index (κ1) is 9.61. The van der Waals surface area contributed by atoms with Gasteiger partial charge in [-0.1, -0.05) is 0 Å². The van der Waals surface area contributed by atoms with Crippen molar-refractivity contribution in [2.45, 2.75) is 5.25 Å². The van der Waals surface area contributed by atoms with Crippen molar-refractivity contribution in [2.24, 2.45) is 5.14 Å². The van der Waals surface area contributed by atoms with Gasteiger partial charge in [0, 0.05) is 0 Å². The van der Waals surface area contributed by atoms with Crippen molar-refractivity contribution in [1.82, 2.24) is 10.6 Å². The average molecular weight is 207 g/mol. The number of carbonyl (C=O) groups is 3. The number of carbonyl (C=O) groups excluding carboxylic acids is 3. The number of amides is 4. The maximum Gasteiger partial charge on any atom is 0.328 e. The first-order valence-electron chi connectivity index (χ1n) is 2.99. The molecule has 0 aliphatic carbocycles. The molecule has 0 aromatic heterocycles. The predicted octanol–water partition coefficient (Wildman–Crippen LogP) is -2.99. The molecule has 1 saturated heterocycles. The van der Waals surface area contributed by atoms with E-state index in [1.54, 1.807) is 10.6 Å².